The van der Waals surface area contributed by atoms with Crippen LogP contribution in [-0.2, 0) is 9.84 Å². The Morgan fingerprint density at radius 1 is 1.38 bits per heavy atom. The standard InChI is InChI=1S/C11H21NO3S/c1-11(13)8-12-5-4-10(11)9-3-2-6-16(14,15)7-9/h9-10,12-13H,2-8H2,1H3. The van der Waals surface area contributed by atoms with Crippen LogP contribution in [-0.4, -0.2) is 43.7 Å². The van der Waals surface area contributed by atoms with E-state index in [9.17, 15) is 13.5 Å². The van der Waals surface area contributed by atoms with Gasteiger partial charge in [-0.15, -0.1) is 0 Å². The van der Waals surface area contributed by atoms with Crippen LogP contribution in [0.15, 0.2) is 0 Å². The molecule has 4 nitrogen and oxygen atoms in total. The van der Waals surface area contributed by atoms with Gasteiger partial charge in [0, 0.05) is 6.54 Å². The topological polar surface area (TPSA) is 66.4 Å². The summed E-state index contributed by atoms with van der Waals surface area (Å²) in [5, 5.41) is 13.5. The second-order valence-corrected chi connectivity index (χ2v) is 7.67. The molecule has 0 aromatic heterocycles. The van der Waals surface area contributed by atoms with Crippen molar-refractivity contribution in [2.24, 2.45) is 11.8 Å². The number of β-amino-alcohol motifs (C(OH)–C–C–N with tert-alkyl or cyclic N) is 1. The van der Waals surface area contributed by atoms with Crippen LogP contribution in [0.5, 0.6) is 0 Å². The maximum absolute atomic E-state index is 11.6. The van der Waals surface area contributed by atoms with Gasteiger partial charge in [-0.1, -0.05) is 0 Å². The van der Waals surface area contributed by atoms with Gasteiger partial charge in [0.15, 0.2) is 9.84 Å². The maximum Gasteiger partial charge on any atom is 0.150 e. The molecule has 2 fully saturated rings. The van der Waals surface area contributed by atoms with E-state index < -0.39 is 15.4 Å². The van der Waals surface area contributed by atoms with Crippen molar-refractivity contribution in [3.63, 3.8) is 0 Å². The van der Waals surface area contributed by atoms with Crippen LogP contribution in [0, 0.1) is 11.8 Å². The minimum Gasteiger partial charge on any atom is -0.389 e. The molecule has 0 radical (unpaired) electrons. The third kappa shape index (κ3) is 2.57. The van der Waals surface area contributed by atoms with E-state index >= 15 is 0 Å². The molecule has 94 valence electrons. The van der Waals surface area contributed by atoms with E-state index in [2.05, 4.69) is 5.32 Å². The second-order valence-electron chi connectivity index (χ2n) is 5.45. The molecule has 2 N–H and O–H groups in total. The predicted molar refractivity (Wildman–Crippen MR) is 63.0 cm³/mol. The third-order valence-electron chi connectivity index (χ3n) is 3.98. The molecule has 2 saturated heterocycles. The minimum atomic E-state index is -2.86. The van der Waals surface area contributed by atoms with Crippen LogP contribution in [0.4, 0.5) is 0 Å². The lowest BCUT2D eigenvalue weighted by Gasteiger charge is -2.43. The third-order valence-corrected chi connectivity index (χ3v) is 5.83. The highest BCUT2D eigenvalue weighted by atomic mass is 32.2. The Kier molecular flexibility index (Phi) is 3.29. The van der Waals surface area contributed by atoms with Gasteiger partial charge in [-0.3, -0.25) is 0 Å². The lowest BCUT2D eigenvalue weighted by atomic mass is 9.74. The molecule has 0 bridgehead atoms. The lowest BCUT2D eigenvalue weighted by molar-refractivity contribution is -0.0428. The number of sulfone groups is 1. The van der Waals surface area contributed by atoms with Gasteiger partial charge in [0.1, 0.15) is 0 Å². The Bertz CT molecular complexity index is 350. The second kappa shape index (κ2) is 4.27. The summed E-state index contributed by atoms with van der Waals surface area (Å²) >= 11 is 0. The molecule has 2 heterocycles. The smallest absolute Gasteiger partial charge is 0.150 e. The number of hydrogen-bond donors (Lipinski definition) is 2. The molecule has 0 spiro atoms. The van der Waals surface area contributed by atoms with Crippen molar-refractivity contribution in [1.82, 2.24) is 5.32 Å². The van der Waals surface area contributed by atoms with E-state index in [1.165, 1.54) is 0 Å². The van der Waals surface area contributed by atoms with Crippen LogP contribution in [0.2, 0.25) is 0 Å². The zero-order valence-electron chi connectivity index (χ0n) is 9.78. The molecule has 0 aromatic carbocycles. The monoisotopic (exact) mass is 247 g/mol. The number of nitrogens with one attached hydrogen (secondary N) is 1. The number of aliphatic hydroxyl groups is 1. The highest BCUT2D eigenvalue weighted by molar-refractivity contribution is 7.91. The first-order valence-corrected chi connectivity index (χ1v) is 7.86. The van der Waals surface area contributed by atoms with Crippen molar-refractivity contribution < 1.29 is 13.5 Å². The van der Waals surface area contributed by atoms with Gasteiger partial charge in [-0.05, 0) is 44.6 Å². The molecule has 5 heteroatoms. The van der Waals surface area contributed by atoms with Gasteiger partial charge < -0.3 is 10.4 Å². The van der Waals surface area contributed by atoms with Gasteiger partial charge >= 0.3 is 0 Å². The zero-order chi connectivity index (χ0) is 11.8. The van der Waals surface area contributed by atoms with Crippen LogP contribution < -0.4 is 5.32 Å². The Morgan fingerprint density at radius 3 is 2.75 bits per heavy atom. The molecular formula is C11H21NO3S. The van der Waals surface area contributed by atoms with Gasteiger partial charge in [-0.2, -0.15) is 0 Å². The van der Waals surface area contributed by atoms with Gasteiger partial charge in [0.2, 0.25) is 0 Å². The highest BCUT2D eigenvalue weighted by Crippen LogP contribution is 2.36. The zero-order valence-corrected chi connectivity index (χ0v) is 10.6. The number of hydrogen-bond acceptors (Lipinski definition) is 4. The summed E-state index contributed by atoms with van der Waals surface area (Å²) in [5.41, 5.74) is -0.754. The van der Waals surface area contributed by atoms with E-state index in [0.29, 0.717) is 12.3 Å². The number of piperidine rings is 1. The van der Waals surface area contributed by atoms with Crippen molar-refractivity contribution >= 4 is 9.84 Å². The fourth-order valence-electron chi connectivity index (χ4n) is 3.16. The van der Waals surface area contributed by atoms with E-state index in [1.807, 2.05) is 6.92 Å². The summed E-state index contributed by atoms with van der Waals surface area (Å²) in [6.07, 6.45) is 2.58. The molecular weight excluding hydrogens is 226 g/mol. The fraction of sp³-hybridized carbons (Fsp3) is 1.00. The first kappa shape index (κ1) is 12.3. The summed E-state index contributed by atoms with van der Waals surface area (Å²) in [5.74, 6) is 0.879. The molecule has 16 heavy (non-hydrogen) atoms. The normalized spacial score (nSPS) is 44.1. The molecule has 0 aliphatic carbocycles. The summed E-state index contributed by atoms with van der Waals surface area (Å²) in [6.45, 7) is 3.29. The molecule has 3 unspecified atom stereocenters. The van der Waals surface area contributed by atoms with Crippen molar-refractivity contribution in [2.45, 2.75) is 31.8 Å². The van der Waals surface area contributed by atoms with E-state index in [-0.39, 0.29) is 17.6 Å². The van der Waals surface area contributed by atoms with Crippen LogP contribution in [0.25, 0.3) is 0 Å². The minimum absolute atomic E-state index is 0.129. The molecule has 2 aliphatic heterocycles. The molecule has 0 saturated carbocycles. The molecule has 0 aromatic rings. The summed E-state index contributed by atoms with van der Waals surface area (Å²) in [7, 11) is -2.86. The molecule has 0 amide bonds. The SMILES string of the molecule is CC1(O)CNCCC1C1CCCS(=O)(=O)C1. The Hall–Kier alpha value is -0.130. The van der Waals surface area contributed by atoms with Gasteiger partial charge in [0.05, 0.1) is 17.1 Å². The average molecular weight is 247 g/mol. The van der Waals surface area contributed by atoms with Gasteiger partial charge in [-0.25, -0.2) is 8.42 Å². The fourth-order valence-corrected chi connectivity index (χ4v) is 4.98. The summed E-state index contributed by atoms with van der Waals surface area (Å²) < 4.78 is 23.2. The first-order chi connectivity index (χ1) is 7.41. The predicted octanol–water partition coefficient (Wildman–Crippen LogP) is 0.172. The summed E-state index contributed by atoms with van der Waals surface area (Å²) in [4.78, 5) is 0. The summed E-state index contributed by atoms with van der Waals surface area (Å²) in [6, 6.07) is 0. The Morgan fingerprint density at radius 2 is 2.12 bits per heavy atom. The van der Waals surface area contributed by atoms with Crippen molar-refractivity contribution in [3.8, 4) is 0 Å². The van der Waals surface area contributed by atoms with Crippen LogP contribution in [0.3, 0.4) is 0 Å². The molecule has 2 aliphatic rings. The molecule has 2 rings (SSSR count). The van der Waals surface area contributed by atoms with Crippen molar-refractivity contribution in [3.05, 3.63) is 0 Å². The molecule has 3 atom stereocenters. The highest BCUT2D eigenvalue weighted by Gasteiger charge is 2.42. The van der Waals surface area contributed by atoms with Crippen LogP contribution in [0.1, 0.15) is 26.2 Å². The lowest BCUT2D eigenvalue weighted by Crippen LogP contribution is -2.54. The Balaban J connectivity index is 2.11. The van der Waals surface area contributed by atoms with E-state index in [1.54, 1.807) is 0 Å². The number of rotatable bonds is 1. The Labute approximate surface area is 97.3 Å². The van der Waals surface area contributed by atoms with E-state index in [4.69, 9.17) is 0 Å². The van der Waals surface area contributed by atoms with E-state index in [0.717, 1.165) is 25.8 Å². The average Bonchev–Trinajstić information content (AvgIpc) is 2.15. The van der Waals surface area contributed by atoms with Gasteiger partial charge in [0.25, 0.3) is 0 Å². The maximum atomic E-state index is 11.6. The van der Waals surface area contributed by atoms with Crippen molar-refractivity contribution in [2.75, 3.05) is 24.6 Å². The first-order valence-electron chi connectivity index (χ1n) is 6.04. The van der Waals surface area contributed by atoms with Crippen LogP contribution >= 0.6 is 0 Å². The largest absolute Gasteiger partial charge is 0.389 e. The van der Waals surface area contributed by atoms with Crippen molar-refractivity contribution in [1.29, 1.82) is 0 Å². The quantitative estimate of drug-likeness (QED) is 0.693.